The molecule has 0 amide bonds. The van der Waals surface area contributed by atoms with Gasteiger partial charge in [-0.3, -0.25) is 9.59 Å². The molecule has 2 aromatic heterocycles. The minimum Gasteiger partial charge on any atom is -0.490 e. The van der Waals surface area contributed by atoms with E-state index in [1.165, 1.54) is 10.7 Å². The molecule has 10 heteroatoms. The number of ether oxygens (including phenoxy) is 1. The SMILES string of the molecule is N#Cc1cccc(-c2ccc(=O)n(Cc3cccc(-c4ncc(OCCCC(N)C(=O)O)cn4)c3)n2)c1. The van der Waals surface area contributed by atoms with Crippen molar-refractivity contribution in [1.82, 2.24) is 19.7 Å². The van der Waals surface area contributed by atoms with E-state index in [-0.39, 0.29) is 12.1 Å². The molecule has 10 nitrogen and oxygen atoms in total. The number of nitrogens with two attached hydrogens (primary N) is 1. The lowest BCUT2D eigenvalue weighted by Gasteiger charge is -2.10. The second-order valence-corrected chi connectivity index (χ2v) is 8.29. The number of nitriles is 1. The van der Waals surface area contributed by atoms with Gasteiger partial charge in [-0.25, -0.2) is 14.6 Å². The molecule has 1 atom stereocenters. The van der Waals surface area contributed by atoms with Crippen LogP contribution in [-0.4, -0.2) is 43.5 Å². The molecule has 0 spiro atoms. The number of aliphatic carboxylic acids is 1. The van der Waals surface area contributed by atoms with Crippen molar-refractivity contribution in [3.63, 3.8) is 0 Å². The van der Waals surface area contributed by atoms with Crippen LogP contribution >= 0.6 is 0 Å². The van der Waals surface area contributed by atoms with Crippen molar-refractivity contribution in [1.29, 1.82) is 5.26 Å². The van der Waals surface area contributed by atoms with Crippen molar-refractivity contribution < 1.29 is 14.6 Å². The van der Waals surface area contributed by atoms with Crippen molar-refractivity contribution in [2.24, 2.45) is 5.73 Å². The average Bonchev–Trinajstić information content (AvgIpc) is 2.92. The van der Waals surface area contributed by atoms with Gasteiger partial charge in [0.2, 0.25) is 0 Å². The molecule has 2 heterocycles. The van der Waals surface area contributed by atoms with E-state index in [0.717, 1.165) is 16.7 Å². The van der Waals surface area contributed by atoms with Crippen LogP contribution in [-0.2, 0) is 11.3 Å². The Kier molecular flexibility index (Phi) is 7.98. The molecule has 2 aromatic carbocycles. The molecule has 0 radical (unpaired) electrons. The van der Waals surface area contributed by atoms with Gasteiger partial charge in [-0.1, -0.05) is 30.3 Å². The van der Waals surface area contributed by atoms with Crippen molar-refractivity contribution in [2.75, 3.05) is 6.61 Å². The van der Waals surface area contributed by atoms with Crippen LogP contribution < -0.4 is 16.0 Å². The minimum absolute atomic E-state index is 0.243. The molecule has 37 heavy (non-hydrogen) atoms. The molecule has 4 rings (SSSR count). The molecule has 0 bridgehead atoms. The summed E-state index contributed by atoms with van der Waals surface area (Å²) >= 11 is 0. The summed E-state index contributed by atoms with van der Waals surface area (Å²) in [7, 11) is 0. The van der Waals surface area contributed by atoms with Gasteiger partial charge in [-0.05, 0) is 42.7 Å². The first kappa shape index (κ1) is 25.2. The van der Waals surface area contributed by atoms with Crippen LogP contribution in [0.2, 0.25) is 0 Å². The first-order valence-corrected chi connectivity index (χ1v) is 11.5. The molecule has 0 saturated heterocycles. The Balaban J connectivity index is 1.44. The Morgan fingerprint density at radius 2 is 1.84 bits per heavy atom. The standard InChI is InChI=1S/C27H24N6O4/c28-14-18-4-1-6-20(12-18)24-9-10-25(34)33(32-24)17-19-5-2-7-21(13-19)26-30-15-22(16-31-26)37-11-3-8-23(29)27(35)36/h1-2,4-7,9-10,12-13,15-16,23H,3,8,11,17,29H2,(H,35,36). The number of carboxylic acid groups (broad SMARTS) is 1. The molecule has 0 aliphatic carbocycles. The van der Waals surface area contributed by atoms with Crippen molar-refractivity contribution >= 4 is 5.97 Å². The molecule has 0 saturated carbocycles. The Bertz CT molecular complexity index is 1490. The maximum Gasteiger partial charge on any atom is 0.320 e. The number of rotatable bonds is 10. The lowest BCUT2D eigenvalue weighted by atomic mass is 10.1. The number of aromatic nitrogens is 4. The van der Waals surface area contributed by atoms with Crippen molar-refractivity contribution in [3.05, 3.63) is 94.5 Å². The summed E-state index contributed by atoms with van der Waals surface area (Å²) in [5.74, 6) is -0.0741. The van der Waals surface area contributed by atoms with Gasteiger partial charge in [-0.15, -0.1) is 0 Å². The summed E-state index contributed by atoms with van der Waals surface area (Å²) in [6.07, 6.45) is 3.91. The molecule has 0 fully saturated rings. The number of nitrogens with zero attached hydrogens (tertiary/aromatic N) is 5. The van der Waals surface area contributed by atoms with Crippen LogP contribution in [0.25, 0.3) is 22.6 Å². The summed E-state index contributed by atoms with van der Waals surface area (Å²) in [5.41, 5.74) is 8.71. The molecular weight excluding hydrogens is 472 g/mol. The molecule has 3 N–H and O–H groups in total. The Hall–Kier alpha value is -4.88. The van der Waals surface area contributed by atoms with E-state index in [4.69, 9.17) is 20.8 Å². The molecule has 186 valence electrons. The zero-order valence-electron chi connectivity index (χ0n) is 19.8. The van der Waals surface area contributed by atoms with E-state index < -0.39 is 12.0 Å². The quantitative estimate of drug-likeness (QED) is 0.315. The van der Waals surface area contributed by atoms with Gasteiger partial charge in [-0.2, -0.15) is 10.4 Å². The van der Waals surface area contributed by atoms with Crippen molar-refractivity contribution in [3.8, 4) is 34.5 Å². The monoisotopic (exact) mass is 496 g/mol. The van der Waals surface area contributed by atoms with E-state index in [2.05, 4.69) is 21.1 Å². The van der Waals surface area contributed by atoms with Gasteiger partial charge in [0.1, 0.15) is 6.04 Å². The van der Waals surface area contributed by atoms with E-state index >= 15 is 0 Å². The van der Waals surface area contributed by atoms with Gasteiger partial charge in [0, 0.05) is 17.2 Å². The maximum absolute atomic E-state index is 12.5. The number of carbonyl (C=O) groups is 1. The Labute approximate surface area is 212 Å². The van der Waals surface area contributed by atoms with Crippen LogP contribution in [0, 0.1) is 11.3 Å². The second-order valence-electron chi connectivity index (χ2n) is 8.29. The average molecular weight is 497 g/mol. The fourth-order valence-electron chi connectivity index (χ4n) is 3.60. The zero-order chi connectivity index (χ0) is 26.2. The van der Waals surface area contributed by atoms with E-state index in [1.807, 2.05) is 30.3 Å². The number of hydrogen-bond donors (Lipinski definition) is 2. The number of hydrogen-bond acceptors (Lipinski definition) is 8. The normalized spacial score (nSPS) is 11.5. The summed E-state index contributed by atoms with van der Waals surface area (Å²) in [5, 5.41) is 22.5. The predicted octanol–water partition coefficient (Wildman–Crippen LogP) is 2.86. The molecule has 0 aliphatic heterocycles. The van der Waals surface area contributed by atoms with Crippen LogP contribution in [0.4, 0.5) is 0 Å². The highest BCUT2D eigenvalue weighted by molar-refractivity contribution is 5.72. The minimum atomic E-state index is -1.03. The third kappa shape index (κ3) is 6.62. The van der Waals surface area contributed by atoms with Gasteiger partial charge in [0.05, 0.1) is 42.9 Å². The first-order chi connectivity index (χ1) is 17.9. The van der Waals surface area contributed by atoms with E-state index in [9.17, 15) is 9.59 Å². The van der Waals surface area contributed by atoms with E-state index in [1.54, 1.807) is 36.7 Å². The van der Waals surface area contributed by atoms with Gasteiger partial charge in [0.15, 0.2) is 11.6 Å². The molecule has 1 unspecified atom stereocenters. The van der Waals surface area contributed by atoms with Gasteiger partial charge < -0.3 is 15.6 Å². The number of benzene rings is 2. The van der Waals surface area contributed by atoms with Crippen LogP contribution in [0.1, 0.15) is 24.0 Å². The highest BCUT2D eigenvalue weighted by Crippen LogP contribution is 2.20. The van der Waals surface area contributed by atoms with Crippen LogP contribution in [0.5, 0.6) is 5.75 Å². The van der Waals surface area contributed by atoms with Gasteiger partial charge in [0.25, 0.3) is 5.56 Å². The third-order valence-electron chi connectivity index (χ3n) is 5.55. The summed E-state index contributed by atoms with van der Waals surface area (Å²) in [6, 6.07) is 18.9. The Morgan fingerprint density at radius 1 is 1.08 bits per heavy atom. The highest BCUT2D eigenvalue weighted by atomic mass is 16.5. The fourth-order valence-corrected chi connectivity index (χ4v) is 3.60. The molecule has 4 aromatic rings. The summed E-state index contributed by atoms with van der Waals surface area (Å²) < 4.78 is 6.94. The van der Waals surface area contributed by atoms with E-state index in [0.29, 0.717) is 42.3 Å². The van der Waals surface area contributed by atoms with Gasteiger partial charge >= 0.3 is 5.97 Å². The lowest BCUT2D eigenvalue weighted by molar-refractivity contribution is -0.138. The van der Waals surface area contributed by atoms with Crippen LogP contribution in [0.3, 0.4) is 0 Å². The maximum atomic E-state index is 12.5. The highest BCUT2D eigenvalue weighted by Gasteiger charge is 2.11. The van der Waals surface area contributed by atoms with Crippen molar-refractivity contribution in [2.45, 2.75) is 25.4 Å². The lowest BCUT2D eigenvalue weighted by Crippen LogP contribution is -2.30. The zero-order valence-corrected chi connectivity index (χ0v) is 19.8. The smallest absolute Gasteiger partial charge is 0.320 e. The predicted molar refractivity (Wildman–Crippen MR) is 136 cm³/mol. The number of carboxylic acids is 1. The third-order valence-corrected chi connectivity index (χ3v) is 5.55. The Morgan fingerprint density at radius 3 is 2.59 bits per heavy atom. The topological polar surface area (TPSA) is 157 Å². The fraction of sp³-hybridized carbons (Fsp3) is 0.185. The first-order valence-electron chi connectivity index (χ1n) is 11.5. The largest absolute Gasteiger partial charge is 0.490 e. The second kappa shape index (κ2) is 11.7. The molecular formula is C27H24N6O4. The summed E-state index contributed by atoms with van der Waals surface area (Å²) in [6.45, 7) is 0.554. The molecule has 0 aliphatic rings. The summed E-state index contributed by atoms with van der Waals surface area (Å²) in [4.78, 5) is 32.0. The van der Waals surface area contributed by atoms with Crippen LogP contribution in [0.15, 0.2) is 77.9 Å².